The van der Waals surface area contributed by atoms with E-state index in [9.17, 15) is 4.79 Å². The lowest BCUT2D eigenvalue weighted by atomic mass is 10.1. The first-order chi connectivity index (χ1) is 6.24. The molecule has 0 saturated carbocycles. The normalized spacial score (nSPS) is 9.00. The van der Waals surface area contributed by atoms with Crippen LogP contribution in [-0.4, -0.2) is 12.6 Å². The molecule has 2 nitrogen and oxygen atoms in total. The third kappa shape index (κ3) is 2.86. The Morgan fingerprint density at radius 1 is 1.46 bits per heavy atom. The Balaban J connectivity index is 2.77. The van der Waals surface area contributed by atoms with Gasteiger partial charge in [-0.1, -0.05) is 30.3 Å². The minimum atomic E-state index is 0.283. The van der Waals surface area contributed by atoms with Crippen LogP contribution in [0.15, 0.2) is 35.8 Å². The summed E-state index contributed by atoms with van der Waals surface area (Å²) in [6.07, 6.45) is 1.47. The van der Waals surface area contributed by atoms with E-state index in [2.05, 4.69) is 11.6 Å². The van der Waals surface area contributed by atoms with Crippen LogP contribution in [0.3, 0.4) is 0 Å². The zero-order valence-corrected chi connectivity index (χ0v) is 7.71. The van der Waals surface area contributed by atoms with Gasteiger partial charge in [0.2, 0.25) is 6.08 Å². The van der Waals surface area contributed by atoms with E-state index >= 15 is 0 Å². The molecule has 1 rings (SSSR count). The zero-order chi connectivity index (χ0) is 9.68. The Hall–Kier alpha value is -1.37. The highest BCUT2D eigenvalue weighted by Crippen LogP contribution is 2.15. The minimum absolute atomic E-state index is 0.283. The van der Waals surface area contributed by atoms with Crippen molar-refractivity contribution in [1.29, 1.82) is 0 Å². The molecule has 0 aliphatic heterocycles. The largest absolute Gasteiger partial charge is 0.235 e. The molecule has 0 amide bonds. The molecule has 1 aromatic rings. The smallest absolute Gasteiger partial charge is 0.211 e. The number of halogens is 1. The van der Waals surface area contributed by atoms with Crippen molar-refractivity contribution in [2.75, 3.05) is 6.54 Å². The van der Waals surface area contributed by atoms with Crippen molar-refractivity contribution in [3.8, 4) is 0 Å². The van der Waals surface area contributed by atoms with Crippen molar-refractivity contribution >= 4 is 23.3 Å². The van der Waals surface area contributed by atoms with E-state index in [0.717, 1.165) is 11.1 Å². The van der Waals surface area contributed by atoms with Crippen LogP contribution in [0, 0.1) is 0 Å². The Morgan fingerprint density at radius 2 is 2.08 bits per heavy atom. The summed E-state index contributed by atoms with van der Waals surface area (Å²) in [5, 5.41) is 0.676. The molecular formula is C10H8ClNO. The summed E-state index contributed by atoms with van der Waals surface area (Å²) >= 11 is 5.71. The number of nitrogens with zero attached hydrogens (tertiary/aromatic N) is 1. The van der Waals surface area contributed by atoms with Crippen molar-refractivity contribution in [3.05, 3.63) is 41.4 Å². The van der Waals surface area contributed by atoms with Gasteiger partial charge in [0, 0.05) is 5.02 Å². The summed E-state index contributed by atoms with van der Waals surface area (Å²) in [5.41, 5.74) is 1.71. The van der Waals surface area contributed by atoms with Crippen LogP contribution in [0.25, 0.3) is 5.57 Å². The maximum absolute atomic E-state index is 9.84. The third-order valence-corrected chi connectivity index (χ3v) is 1.84. The van der Waals surface area contributed by atoms with E-state index in [-0.39, 0.29) is 6.54 Å². The van der Waals surface area contributed by atoms with Gasteiger partial charge in [0.05, 0.1) is 6.54 Å². The molecule has 0 atom stereocenters. The molecular weight excluding hydrogens is 186 g/mol. The molecule has 0 saturated heterocycles. The molecule has 0 aromatic heterocycles. The maximum atomic E-state index is 9.84. The number of carbonyl (C=O) groups excluding carboxylic acids is 1. The summed E-state index contributed by atoms with van der Waals surface area (Å²) in [6, 6.07) is 7.22. The van der Waals surface area contributed by atoms with Gasteiger partial charge in [-0.25, -0.2) is 9.79 Å². The van der Waals surface area contributed by atoms with Crippen LogP contribution >= 0.6 is 11.6 Å². The van der Waals surface area contributed by atoms with Gasteiger partial charge in [-0.3, -0.25) is 0 Å². The number of benzene rings is 1. The molecule has 3 heteroatoms. The summed E-state index contributed by atoms with van der Waals surface area (Å²) in [4.78, 5) is 13.3. The molecule has 0 spiro atoms. The van der Waals surface area contributed by atoms with E-state index in [1.54, 1.807) is 12.1 Å². The second kappa shape index (κ2) is 4.61. The molecule has 0 aliphatic carbocycles. The summed E-state index contributed by atoms with van der Waals surface area (Å²) in [6.45, 7) is 4.06. The second-order valence-electron chi connectivity index (χ2n) is 2.52. The van der Waals surface area contributed by atoms with Crippen molar-refractivity contribution in [2.24, 2.45) is 4.99 Å². The summed E-state index contributed by atoms with van der Waals surface area (Å²) < 4.78 is 0. The predicted molar refractivity (Wildman–Crippen MR) is 53.5 cm³/mol. The molecule has 0 N–H and O–H groups in total. The number of hydrogen-bond acceptors (Lipinski definition) is 2. The number of rotatable bonds is 3. The van der Waals surface area contributed by atoms with Gasteiger partial charge in [0.15, 0.2) is 0 Å². The monoisotopic (exact) mass is 193 g/mol. The number of aliphatic imine (C=N–C) groups is 1. The average Bonchev–Trinajstić information content (AvgIpc) is 2.15. The Morgan fingerprint density at radius 3 is 2.62 bits per heavy atom. The fourth-order valence-electron chi connectivity index (χ4n) is 0.905. The number of hydrogen-bond donors (Lipinski definition) is 0. The molecule has 0 unspecified atom stereocenters. The topological polar surface area (TPSA) is 29.4 Å². The van der Waals surface area contributed by atoms with Crippen LogP contribution in [0.4, 0.5) is 0 Å². The molecule has 0 heterocycles. The van der Waals surface area contributed by atoms with Gasteiger partial charge >= 0.3 is 0 Å². The van der Waals surface area contributed by atoms with E-state index in [0.29, 0.717) is 5.02 Å². The van der Waals surface area contributed by atoms with E-state index in [1.807, 2.05) is 12.1 Å². The van der Waals surface area contributed by atoms with Gasteiger partial charge in [-0.15, -0.1) is 0 Å². The zero-order valence-electron chi connectivity index (χ0n) is 6.96. The first-order valence-corrected chi connectivity index (χ1v) is 4.09. The van der Waals surface area contributed by atoms with Crippen molar-refractivity contribution in [2.45, 2.75) is 0 Å². The van der Waals surface area contributed by atoms with Gasteiger partial charge in [0.1, 0.15) is 0 Å². The third-order valence-electron chi connectivity index (χ3n) is 1.59. The highest BCUT2D eigenvalue weighted by molar-refractivity contribution is 6.30. The van der Waals surface area contributed by atoms with Gasteiger partial charge in [0.25, 0.3) is 0 Å². The van der Waals surface area contributed by atoms with Crippen LogP contribution in [0.5, 0.6) is 0 Å². The predicted octanol–water partition coefficient (Wildman–Crippen LogP) is 2.69. The molecule has 0 aliphatic rings. The molecule has 0 fully saturated rings. The van der Waals surface area contributed by atoms with Crippen molar-refractivity contribution in [1.82, 2.24) is 0 Å². The molecule has 13 heavy (non-hydrogen) atoms. The van der Waals surface area contributed by atoms with E-state index < -0.39 is 0 Å². The maximum Gasteiger partial charge on any atom is 0.235 e. The Kier molecular flexibility index (Phi) is 3.44. The SMILES string of the molecule is C=C(CN=C=O)c1ccc(Cl)cc1. The molecule has 1 aromatic carbocycles. The molecule has 0 bridgehead atoms. The van der Waals surface area contributed by atoms with Crippen molar-refractivity contribution < 1.29 is 4.79 Å². The van der Waals surface area contributed by atoms with E-state index in [4.69, 9.17) is 11.6 Å². The van der Waals surface area contributed by atoms with Crippen LogP contribution in [-0.2, 0) is 4.79 Å². The Bertz CT molecular complexity index is 350. The Labute approximate surface area is 81.6 Å². The summed E-state index contributed by atoms with van der Waals surface area (Å²) in [5.74, 6) is 0. The quantitative estimate of drug-likeness (QED) is 0.536. The van der Waals surface area contributed by atoms with Crippen LogP contribution < -0.4 is 0 Å². The first kappa shape index (κ1) is 9.72. The van der Waals surface area contributed by atoms with E-state index in [1.165, 1.54) is 6.08 Å². The van der Waals surface area contributed by atoms with Crippen LogP contribution in [0.2, 0.25) is 5.02 Å². The summed E-state index contributed by atoms with van der Waals surface area (Å²) in [7, 11) is 0. The highest BCUT2D eigenvalue weighted by atomic mass is 35.5. The first-order valence-electron chi connectivity index (χ1n) is 3.71. The lowest BCUT2D eigenvalue weighted by molar-refractivity contribution is 0.564. The molecule has 0 radical (unpaired) electrons. The molecule has 66 valence electrons. The van der Waals surface area contributed by atoms with Crippen molar-refractivity contribution in [3.63, 3.8) is 0 Å². The van der Waals surface area contributed by atoms with Crippen LogP contribution in [0.1, 0.15) is 5.56 Å². The lowest BCUT2D eigenvalue weighted by Crippen LogP contribution is -1.86. The lowest BCUT2D eigenvalue weighted by Gasteiger charge is -2.00. The number of isocyanates is 1. The van der Waals surface area contributed by atoms with Gasteiger partial charge in [-0.05, 0) is 23.3 Å². The second-order valence-corrected chi connectivity index (χ2v) is 2.95. The fourth-order valence-corrected chi connectivity index (χ4v) is 1.03. The average molecular weight is 194 g/mol. The van der Waals surface area contributed by atoms with Gasteiger partial charge in [-0.2, -0.15) is 0 Å². The van der Waals surface area contributed by atoms with Gasteiger partial charge < -0.3 is 0 Å². The minimum Gasteiger partial charge on any atom is -0.211 e. The standard InChI is InChI=1S/C10H8ClNO/c1-8(6-12-7-13)9-2-4-10(11)5-3-9/h2-5H,1,6H2. The highest BCUT2D eigenvalue weighted by Gasteiger charge is 1.96. The fraction of sp³-hybridized carbons (Fsp3) is 0.100.